The summed E-state index contributed by atoms with van der Waals surface area (Å²) in [5, 5.41) is 4.66. The second-order valence-corrected chi connectivity index (χ2v) is 5.46. The molecule has 0 radical (unpaired) electrons. The molecule has 0 saturated carbocycles. The van der Waals surface area contributed by atoms with Crippen LogP contribution in [0.2, 0.25) is 5.15 Å². The molecule has 2 heterocycles. The molecular weight excluding hydrogens is 290 g/mol. The lowest BCUT2D eigenvalue weighted by atomic mass is 9.98. The van der Waals surface area contributed by atoms with Crippen LogP contribution in [-0.2, 0) is 24.8 Å². The minimum Gasteiger partial charge on any atom is -0.274 e. The van der Waals surface area contributed by atoms with E-state index < -0.39 is 0 Å². The lowest BCUT2D eigenvalue weighted by Crippen LogP contribution is -2.41. The van der Waals surface area contributed by atoms with Crippen LogP contribution in [0, 0.1) is 6.92 Å². The Balaban J connectivity index is 1.97. The minimum absolute atomic E-state index is 0.157. The van der Waals surface area contributed by atoms with Gasteiger partial charge in [-0.3, -0.25) is 19.2 Å². The van der Waals surface area contributed by atoms with Crippen molar-refractivity contribution < 1.29 is 9.59 Å². The topological polar surface area (TPSA) is 55.2 Å². The lowest BCUT2D eigenvalue weighted by Gasteiger charge is -2.26. The monoisotopic (exact) mass is 303 g/mol. The van der Waals surface area contributed by atoms with E-state index in [-0.39, 0.29) is 24.8 Å². The van der Waals surface area contributed by atoms with Crippen molar-refractivity contribution in [2.75, 3.05) is 0 Å². The van der Waals surface area contributed by atoms with Crippen LogP contribution in [0.5, 0.6) is 0 Å². The van der Waals surface area contributed by atoms with Crippen LogP contribution < -0.4 is 0 Å². The van der Waals surface area contributed by atoms with Crippen molar-refractivity contribution in [3.8, 4) is 0 Å². The van der Waals surface area contributed by atoms with Crippen LogP contribution in [0.25, 0.3) is 0 Å². The number of amides is 2. The first-order valence-corrected chi connectivity index (χ1v) is 6.97. The first kappa shape index (κ1) is 13.8. The molecule has 2 aromatic rings. The molecule has 1 aromatic heterocycles. The molecule has 0 saturated heterocycles. The molecule has 21 heavy (non-hydrogen) atoms. The summed E-state index contributed by atoms with van der Waals surface area (Å²) in [4.78, 5) is 26.0. The van der Waals surface area contributed by atoms with E-state index in [1.54, 1.807) is 23.9 Å². The highest BCUT2D eigenvalue weighted by Gasteiger charge is 2.31. The fourth-order valence-corrected chi connectivity index (χ4v) is 2.81. The van der Waals surface area contributed by atoms with E-state index in [1.165, 1.54) is 4.90 Å². The van der Waals surface area contributed by atoms with Crippen LogP contribution in [-0.4, -0.2) is 26.5 Å². The summed E-state index contributed by atoms with van der Waals surface area (Å²) in [7, 11) is 1.73. The van der Waals surface area contributed by atoms with Gasteiger partial charge in [0.25, 0.3) is 5.91 Å². The van der Waals surface area contributed by atoms with Crippen LogP contribution in [0.4, 0.5) is 0 Å². The quantitative estimate of drug-likeness (QED) is 0.798. The van der Waals surface area contributed by atoms with Crippen molar-refractivity contribution in [1.82, 2.24) is 14.7 Å². The summed E-state index contributed by atoms with van der Waals surface area (Å²) in [6.45, 7) is 1.97. The fraction of sp³-hybridized carbons (Fsp3) is 0.267. The van der Waals surface area contributed by atoms with Crippen LogP contribution >= 0.6 is 11.6 Å². The third-order valence-corrected chi connectivity index (χ3v) is 4.19. The summed E-state index contributed by atoms with van der Waals surface area (Å²) in [5.74, 6) is -0.487. The van der Waals surface area contributed by atoms with E-state index in [9.17, 15) is 9.59 Å². The number of fused-ring (bicyclic) bond motifs is 1. The van der Waals surface area contributed by atoms with Gasteiger partial charge < -0.3 is 0 Å². The fourth-order valence-electron chi connectivity index (χ4n) is 2.57. The molecule has 0 N–H and O–H groups in total. The average Bonchev–Trinajstić information content (AvgIpc) is 2.69. The van der Waals surface area contributed by atoms with Gasteiger partial charge in [0.05, 0.1) is 18.7 Å². The number of carbonyl (C=O) groups excluding carboxylic acids is 2. The van der Waals surface area contributed by atoms with Crippen molar-refractivity contribution in [3.05, 3.63) is 51.8 Å². The molecular formula is C15H14ClN3O2. The molecule has 0 bridgehead atoms. The molecule has 6 heteroatoms. The predicted molar refractivity (Wildman–Crippen MR) is 78.0 cm³/mol. The summed E-state index contributed by atoms with van der Waals surface area (Å²) in [5.41, 5.74) is 2.79. The number of nitrogens with zero attached hydrogens (tertiary/aromatic N) is 3. The van der Waals surface area contributed by atoms with Gasteiger partial charge in [-0.15, -0.1) is 0 Å². The van der Waals surface area contributed by atoms with Gasteiger partial charge in [0, 0.05) is 18.2 Å². The Kier molecular flexibility index (Phi) is 3.29. The maximum Gasteiger partial charge on any atom is 0.261 e. The molecule has 1 aliphatic rings. The Labute approximate surface area is 127 Å². The predicted octanol–water partition coefficient (Wildman–Crippen LogP) is 2.11. The minimum atomic E-state index is -0.277. The highest BCUT2D eigenvalue weighted by atomic mass is 35.5. The average molecular weight is 304 g/mol. The molecule has 0 spiro atoms. The number of imide groups is 1. The summed E-state index contributed by atoms with van der Waals surface area (Å²) in [6.07, 6.45) is 0.235. The third kappa shape index (κ3) is 2.23. The molecule has 0 atom stereocenters. The number of carbonyl (C=O) groups is 2. The van der Waals surface area contributed by atoms with Gasteiger partial charge in [-0.1, -0.05) is 29.8 Å². The summed E-state index contributed by atoms with van der Waals surface area (Å²) >= 11 is 6.18. The van der Waals surface area contributed by atoms with Crippen LogP contribution in [0.3, 0.4) is 0 Å². The van der Waals surface area contributed by atoms with Gasteiger partial charge in [0.1, 0.15) is 5.15 Å². The Morgan fingerprint density at radius 2 is 2.00 bits per heavy atom. The largest absolute Gasteiger partial charge is 0.274 e. The van der Waals surface area contributed by atoms with E-state index in [0.717, 1.165) is 11.3 Å². The van der Waals surface area contributed by atoms with Crippen molar-refractivity contribution >= 4 is 23.4 Å². The summed E-state index contributed by atoms with van der Waals surface area (Å²) in [6, 6.07) is 7.18. The first-order chi connectivity index (χ1) is 9.99. The number of hydrogen-bond acceptors (Lipinski definition) is 3. The summed E-state index contributed by atoms with van der Waals surface area (Å²) < 4.78 is 1.54. The number of rotatable bonds is 2. The second-order valence-electron chi connectivity index (χ2n) is 5.10. The molecule has 108 valence electrons. The van der Waals surface area contributed by atoms with Crippen molar-refractivity contribution in [1.29, 1.82) is 0 Å². The van der Waals surface area contributed by atoms with Gasteiger partial charge in [-0.25, -0.2) is 0 Å². The molecule has 0 unspecified atom stereocenters. The smallest absolute Gasteiger partial charge is 0.261 e. The number of aromatic nitrogens is 2. The third-order valence-electron chi connectivity index (χ3n) is 3.72. The maximum atomic E-state index is 12.5. The van der Waals surface area contributed by atoms with Crippen molar-refractivity contribution in [2.24, 2.45) is 7.05 Å². The standard InChI is InChI=1S/C15H14ClN3O2/c1-9-12(14(16)18(2)17-9)8-19-13(20)7-10-5-3-4-6-11(10)15(19)21/h3-6H,7-8H2,1-2H3. The van der Waals surface area contributed by atoms with Crippen molar-refractivity contribution in [3.63, 3.8) is 0 Å². The Morgan fingerprint density at radius 3 is 2.67 bits per heavy atom. The van der Waals surface area contributed by atoms with Crippen LogP contribution in [0.1, 0.15) is 27.2 Å². The maximum absolute atomic E-state index is 12.5. The number of halogens is 1. The first-order valence-electron chi connectivity index (χ1n) is 6.59. The number of hydrogen-bond donors (Lipinski definition) is 0. The van der Waals surface area contributed by atoms with E-state index in [0.29, 0.717) is 16.3 Å². The number of benzene rings is 1. The highest BCUT2D eigenvalue weighted by Crippen LogP contribution is 2.25. The van der Waals surface area contributed by atoms with E-state index >= 15 is 0 Å². The Morgan fingerprint density at radius 1 is 1.29 bits per heavy atom. The van der Waals surface area contributed by atoms with E-state index in [4.69, 9.17) is 11.6 Å². The SMILES string of the molecule is Cc1nn(C)c(Cl)c1CN1C(=O)Cc2ccccc2C1=O. The van der Waals surface area contributed by atoms with Gasteiger partial charge in [0.2, 0.25) is 5.91 Å². The van der Waals surface area contributed by atoms with Gasteiger partial charge in [-0.05, 0) is 18.6 Å². The molecule has 0 fully saturated rings. The van der Waals surface area contributed by atoms with Gasteiger partial charge in [-0.2, -0.15) is 5.10 Å². The lowest BCUT2D eigenvalue weighted by molar-refractivity contribution is -0.128. The zero-order valence-electron chi connectivity index (χ0n) is 11.8. The molecule has 5 nitrogen and oxygen atoms in total. The van der Waals surface area contributed by atoms with Gasteiger partial charge in [0.15, 0.2) is 0 Å². The zero-order valence-corrected chi connectivity index (χ0v) is 12.5. The normalized spacial score (nSPS) is 14.5. The molecule has 2 amide bonds. The van der Waals surface area contributed by atoms with E-state index in [1.807, 2.05) is 19.1 Å². The van der Waals surface area contributed by atoms with Crippen LogP contribution in [0.15, 0.2) is 24.3 Å². The van der Waals surface area contributed by atoms with E-state index in [2.05, 4.69) is 5.10 Å². The highest BCUT2D eigenvalue weighted by molar-refractivity contribution is 6.30. The zero-order chi connectivity index (χ0) is 15.1. The van der Waals surface area contributed by atoms with Crippen molar-refractivity contribution in [2.45, 2.75) is 19.9 Å². The second kappa shape index (κ2) is 5.00. The Bertz CT molecular complexity index is 751. The molecule has 1 aromatic carbocycles. The Hall–Kier alpha value is -2.14. The molecule has 0 aliphatic carbocycles. The molecule has 1 aliphatic heterocycles. The number of aryl methyl sites for hydroxylation is 2. The molecule has 3 rings (SSSR count). The van der Waals surface area contributed by atoms with Gasteiger partial charge >= 0.3 is 0 Å².